The zero-order valence-corrected chi connectivity index (χ0v) is 9.66. The van der Waals surface area contributed by atoms with Crippen LogP contribution in [0.2, 0.25) is 5.02 Å². The number of nitrogens with zero attached hydrogens (tertiary/aromatic N) is 1. The Kier molecular flexibility index (Phi) is 2.88. The largest absolute Gasteiger partial charge is 0.478 e. The molecule has 0 amide bonds. The third-order valence-corrected chi connectivity index (χ3v) is 2.87. The van der Waals surface area contributed by atoms with Crippen LogP contribution < -0.4 is 0 Å². The SMILES string of the molecule is CCCn1cc(C(=O)O)c2c(Cl)cccc21. The second-order valence-electron chi connectivity index (χ2n) is 3.68. The number of fused-ring (bicyclic) bond motifs is 1. The standard InChI is InChI=1S/C12H12ClNO2/c1-2-6-14-7-8(12(15)16)11-9(13)4-3-5-10(11)14/h3-5,7H,2,6H2,1H3,(H,15,16). The summed E-state index contributed by atoms with van der Waals surface area (Å²) in [5, 5.41) is 10.2. The second-order valence-corrected chi connectivity index (χ2v) is 4.08. The molecule has 1 aromatic heterocycles. The van der Waals surface area contributed by atoms with Crippen molar-refractivity contribution in [1.29, 1.82) is 0 Å². The number of aryl methyl sites for hydroxylation is 1. The molecule has 0 aliphatic heterocycles. The molecule has 0 radical (unpaired) electrons. The lowest BCUT2D eigenvalue weighted by Crippen LogP contribution is -1.96. The van der Waals surface area contributed by atoms with E-state index in [1.807, 2.05) is 16.7 Å². The van der Waals surface area contributed by atoms with Crippen molar-refractivity contribution in [3.8, 4) is 0 Å². The fourth-order valence-corrected chi connectivity index (χ4v) is 2.17. The van der Waals surface area contributed by atoms with E-state index in [0.717, 1.165) is 18.5 Å². The van der Waals surface area contributed by atoms with E-state index in [9.17, 15) is 4.79 Å². The lowest BCUT2D eigenvalue weighted by molar-refractivity contribution is 0.0699. The highest BCUT2D eigenvalue weighted by Crippen LogP contribution is 2.28. The van der Waals surface area contributed by atoms with Gasteiger partial charge in [0.25, 0.3) is 0 Å². The Morgan fingerprint density at radius 3 is 2.88 bits per heavy atom. The fourth-order valence-electron chi connectivity index (χ4n) is 1.90. The van der Waals surface area contributed by atoms with Crippen LogP contribution in [0.1, 0.15) is 23.7 Å². The van der Waals surface area contributed by atoms with Crippen LogP contribution in [-0.2, 0) is 6.54 Å². The molecule has 0 unspecified atom stereocenters. The van der Waals surface area contributed by atoms with E-state index >= 15 is 0 Å². The monoisotopic (exact) mass is 237 g/mol. The topological polar surface area (TPSA) is 42.2 Å². The van der Waals surface area contributed by atoms with Gasteiger partial charge in [-0.1, -0.05) is 24.6 Å². The average molecular weight is 238 g/mol. The van der Waals surface area contributed by atoms with E-state index < -0.39 is 5.97 Å². The molecule has 1 heterocycles. The molecule has 0 aliphatic carbocycles. The average Bonchev–Trinajstić information content (AvgIpc) is 2.60. The number of carboxylic acids is 1. The number of aromatic nitrogens is 1. The number of carboxylic acid groups (broad SMARTS) is 1. The maximum absolute atomic E-state index is 11.1. The Hall–Kier alpha value is -1.48. The highest BCUT2D eigenvalue weighted by atomic mass is 35.5. The van der Waals surface area contributed by atoms with Crippen molar-refractivity contribution in [2.24, 2.45) is 0 Å². The Labute approximate surface area is 98.3 Å². The van der Waals surface area contributed by atoms with Crippen LogP contribution in [0.4, 0.5) is 0 Å². The molecule has 3 nitrogen and oxygen atoms in total. The lowest BCUT2D eigenvalue weighted by atomic mass is 10.2. The van der Waals surface area contributed by atoms with Crippen molar-refractivity contribution in [2.45, 2.75) is 19.9 Å². The van der Waals surface area contributed by atoms with Crippen LogP contribution in [0, 0.1) is 0 Å². The number of halogens is 1. The van der Waals surface area contributed by atoms with Crippen molar-refractivity contribution in [1.82, 2.24) is 4.57 Å². The maximum atomic E-state index is 11.1. The molecule has 0 atom stereocenters. The zero-order valence-electron chi connectivity index (χ0n) is 8.90. The van der Waals surface area contributed by atoms with E-state index in [2.05, 4.69) is 6.92 Å². The van der Waals surface area contributed by atoms with Gasteiger partial charge in [0.05, 0.1) is 16.1 Å². The van der Waals surface area contributed by atoms with Crippen molar-refractivity contribution < 1.29 is 9.90 Å². The summed E-state index contributed by atoms with van der Waals surface area (Å²) < 4.78 is 1.94. The molecule has 84 valence electrons. The van der Waals surface area contributed by atoms with Crippen LogP contribution >= 0.6 is 11.6 Å². The molecule has 0 saturated heterocycles. The Morgan fingerprint density at radius 1 is 1.50 bits per heavy atom. The van der Waals surface area contributed by atoms with Crippen molar-refractivity contribution in [3.05, 3.63) is 35.0 Å². The van der Waals surface area contributed by atoms with Gasteiger partial charge in [-0.15, -0.1) is 0 Å². The molecule has 1 aromatic carbocycles. The molecule has 1 N–H and O–H groups in total. The number of aromatic carboxylic acids is 1. The summed E-state index contributed by atoms with van der Waals surface area (Å²) in [6.07, 6.45) is 2.61. The minimum Gasteiger partial charge on any atom is -0.478 e. The third-order valence-electron chi connectivity index (χ3n) is 2.55. The quantitative estimate of drug-likeness (QED) is 0.889. The molecule has 2 rings (SSSR count). The van der Waals surface area contributed by atoms with Gasteiger partial charge >= 0.3 is 5.97 Å². The normalized spacial score (nSPS) is 10.9. The van der Waals surface area contributed by atoms with Crippen molar-refractivity contribution in [2.75, 3.05) is 0 Å². The van der Waals surface area contributed by atoms with Gasteiger partial charge < -0.3 is 9.67 Å². The molecular weight excluding hydrogens is 226 g/mol. The summed E-state index contributed by atoms with van der Waals surface area (Å²) in [5.41, 5.74) is 1.15. The summed E-state index contributed by atoms with van der Waals surface area (Å²) in [7, 11) is 0. The summed E-state index contributed by atoms with van der Waals surface area (Å²) in [6, 6.07) is 5.44. The number of hydrogen-bond acceptors (Lipinski definition) is 1. The first kappa shape index (κ1) is 11.0. The molecule has 0 saturated carbocycles. The summed E-state index contributed by atoms with van der Waals surface area (Å²) >= 11 is 6.04. The van der Waals surface area contributed by atoms with Crippen LogP contribution in [0.25, 0.3) is 10.9 Å². The van der Waals surface area contributed by atoms with Crippen LogP contribution in [-0.4, -0.2) is 15.6 Å². The van der Waals surface area contributed by atoms with Gasteiger partial charge in [0.1, 0.15) is 0 Å². The van der Waals surface area contributed by atoms with Crippen LogP contribution in [0.15, 0.2) is 24.4 Å². The first-order valence-corrected chi connectivity index (χ1v) is 5.53. The van der Waals surface area contributed by atoms with Gasteiger partial charge in [0.2, 0.25) is 0 Å². The first-order valence-electron chi connectivity index (χ1n) is 5.15. The van der Waals surface area contributed by atoms with E-state index in [1.54, 1.807) is 12.3 Å². The zero-order chi connectivity index (χ0) is 11.7. The maximum Gasteiger partial charge on any atom is 0.337 e. The van der Waals surface area contributed by atoms with Gasteiger partial charge in [-0.3, -0.25) is 0 Å². The highest BCUT2D eigenvalue weighted by molar-refractivity contribution is 6.36. The predicted octanol–water partition coefficient (Wildman–Crippen LogP) is 3.40. The van der Waals surface area contributed by atoms with Crippen molar-refractivity contribution >= 4 is 28.5 Å². The van der Waals surface area contributed by atoms with E-state index in [-0.39, 0.29) is 5.56 Å². The Balaban J connectivity index is 2.76. The minimum atomic E-state index is -0.937. The number of rotatable bonds is 3. The molecule has 4 heteroatoms. The Morgan fingerprint density at radius 2 is 2.25 bits per heavy atom. The number of benzene rings is 1. The molecular formula is C12H12ClNO2. The van der Waals surface area contributed by atoms with Gasteiger partial charge in [-0.25, -0.2) is 4.79 Å². The lowest BCUT2D eigenvalue weighted by Gasteiger charge is -2.02. The summed E-state index contributed by atoms with van der Waals surface area (Å²) in [4.78, 5) is 11.1. The first-order chi connectivity index (χ1) is 7.65. The highest BCUT2D eigenvalue weighted by Gasteiger charge is 2.15. The van der Waals surface area contributed by atoms with Crippen LogP contribution in [0.5, 0.6) is 0 Å². The Bertz CT molecular complexity index is 545. The van der Waals surface area contributed by atoms with Crippen molar-refractivity contribution in [3.63, 3.8) is 0 Å². The smallest absolute Gasteiger partial charge is 0.337 e. The van der Waals surface area contributed by atoms with E-state index in [1.165, 1.54) is 0 Å². The molecule has 0 bridgehead atoms. The molecule has 0 spiro atoms. The number of hydrogen-bond donors (Lipinski definition) is 1. The second kappa shape index (κ2) is 4.18. The van der Waals surface area contributed by atoms with E-state index in [0.29, 0.717) is 10.4 Å². The van der Waals surface area contributed by atoms with Gasteiger partial charge in [0, 0.05) is 18.1 Å². The molecule has 0 fully saturated rings. The van der Waals surface area contributed by atoms with Crippen LogP contribution in [0.3, 0.4) is 0 Å². The van der Waals surface area contributed by atoms with Gasteiger partial charge in [0.15, 0.2) is 0 Å². The summed E-state index contributed by atoms with van der Waals surface area (Å²) in [5.74, 6) is -0.937. The predicted molar refractivity (Wildman–Crippen MR) is 64.2 cm³/mol. The minimum absolute atomic E-state index is 0.272. The van der Waals surface area contributed by atoms with Gasteiger partial charge in [-0.05, 0) is 18.6 Å². The molecule has 2 aromatic rings. The van der Waals surface area contributed by atoms with Gasteiger partial charge in [-0.2, -0.15) is 0 Å². The molecule has 0 aliphatic rings. The fraction of sp³-hybridized carbons (Fsp3) is 0.250. The van der Waals surface area contributed by atoms with E-state index in [4.69, 9.17) is 16.7 Å². The molecule has 16 heavy (non-hydrogen) atoms. The number of carbonyl (C=O) groups is 1. The third kappa shape index (κ3) is 1.67. The summed E-state index contributed by atoms with van der Waals surface area (Å²) in [6.45, 7) is 2.85.